The van der Waals surface area contributed by atoms with E-state index in [0.29, 0.717) is 6.54 Å². The fourth-order valence-corrected chi connectivity index (χ4v) is 5.75. The highest BCUT2D eigenvalue weighted by Crippen LogP contribution is 2.39. The highest BCUT2D eigenvalue weighted by atomic mass is 16.2. The van der Waals surface area contributed by atoms with Crippen LogP contribution in [0.15, 0.2) is 36.5 Å². The molecule has 3 aromatic rings. The van der Waals surface area contributed by atoms with Crippen LogP contribution in [-0.4, -0.2) is 53.6 Å². The molecule has 0 spiro atoms. The van der Waals surface area contributed by atoms with E-state index in [4.69, 9.17) is 4.98 Å². The maximum absolute atomic E-state index is 13.8. The van der Waals surface area contributed by atoms with Gasteiger partial charge in [-0.2, -0.15) is 0 Å². The third-order valence-electron chi connectivity index (χ3n) is 7.79. The minimum Gasteiger partial charge on any atom is -0.357 e. The van der Waals surface area contributed by atoms with Gasteiger partial charge in [0.15, 0.2) is 0 Å². The number of nitrogens with zero attached hydrogens (tertiary/aromatic N) is 5. The molecule has 182 valence electrons. The van der Waals surface area contributed by atoms with Gasteiger partial charge in [-0.1, -0.05) is 17.7 Å². The number of aromatic nitrogens is 3. The standard InChI is InChI=1S/C28H34N6O/c1-19-5-7-24-22(17-19)26-23(30-28(31-26)33-12-3-4-13-33)11-16-34(24)27(35)21-9-14-32(15-10-21)25-8-6-20(2)18-29-25/h5-8,17-18,21H,3-4,9-16H2,1-2H3,(H,30,31). The molecular formula is C28H34N6O. The Morgan fingerprint density at radius 3 is 2.46 bits per heavy atom. The van der Waals surface area contributed by atoms with Crippen molar-refractivity contribution in [2.75, 3.05) is 47.4 Å². The van der Waals surface area contributed by atoms with Crippen LogP contribution in [0.4, 0.5) is 17.5 Å². The molecule has 5 heterocycles. The van der Waals surface area contributed by atoms with Crippen LogP contribution in [0.3, 0.4) is 0 Å². The Morgan fingerprint density at radius 1 is 0.943 bits per heavy atom. The topological polar surface area (TPSA) is 68.4 Å². The first-order chi connectivity index (χ1) is 17.1. The van der Waals surface area contributed by atoms with E-state index >= 15 is 0 Å². The van der Waals surface area contributed by atoms with E-state index in [0.717, 1.165) is 79.8 Å². The Balaban J connectivity index is 1.23. The van der Waals surface area contributed by atoms with Gasteiger partial charge in [0.05, 0.1) is 11.4 Å². The molecule has 35 heavy (non-hydrogen) atoms. The molecule has 0 saturated carbocycles. The molecular weight excluding hydrogens is 436 g/mol. The number of piperidine rings is 1. The lowest BCUT2D eigenvalue weighted by Gasteiger charge is -2.35. The third-order valence-corrected chi connectivity index (χ3v) is 7.79. The van der Waals surface area contributed by atoms with Crippen molar-refractivity contribution < 1.29 is 4.79 Å². The number of carbonyl (C=O) groups excluding carboxylic acids is 1. The molecule has 0 radical (unpaired) electrons. The summed E-state index contributed by atoms with van der Waals surface area (Å²) < 4.78 is 0. The summed E-state index contributed by atoms with van der Waals surface area (Å²) in [7, 11) is 0. The number of hydrogen-bond acceptors (Lipinski definition) is 5. The Hall–Kier alpha value is -3.35. The van der Waals surface area contributed by atoms with Crippen LogP contribution in [0.5, 0.6) is 0 Å². The molecule has 0 unspecified atom stereocenters. The zero-order valence-corrected chi connectivity index (χ0v) is 20.8. The molecule has 0 aliphatic carbocycles. The van der Waals surface area contributed by atoms with Crippen molar-refractivity contribution in [2.24, 2.45) is 5.92 Å². The summed E-state index contributed by atoms with van der Waals surface area (Å²) in [5.41, 5.74) is 6.60. The average Bonchev–Trinajstić information content (AvgIpc) is 3.53. The summed E-state index contributed by atoms with van der Waals surface area (Å²) in [5, 5.41) is 0. The lowest BCUT2D eigenvalue weighted by Crippen LogP contribution is -2.43. The van der Waals surface area contributed by atoms with Crippen LogP contribution in [-0.2, 0) is 11.2 Å². The number of pyridine rings is 1. The quantitative estimate of drug-likeness (QED) is 0.611. The van der Waals surface area contributed by atoms with Crippen LogP contribution < -0.4 is 14.7 Å². The van der Waals surface area contributed by atoms with E-state index in [-0.39, 0.29) is 11.8 Å². The molecule has 0 atom stereocenters. The third kappa shape index (κ3) is 4.17. The largest absolute Gasteiger partial charge is 0.357 e. The van der Waals surface area contributed by atoms with Gasteiger partial charge < -0.3 is 19.7 Å². The van der Waals surface area contributed by atoms with E-state index in [2.05, 4.69) is 63.9 Å². The molecule has 2 fully saturated rings. The van der Waals surface area contributed by atoms with Crippen molar-refractivity contribution in [1.29, 1.82) is 0 Å². The van der Waals surface area contributed by atoms with Gasteiger partial charge in [0, 0.05) is 62.5 Å². The number of aryl methyl sites for hydroxylation is 2. The number of benzene rings is 1. The van der Waals surface area contributed by atoms with Gasteiger partial charge in [-0.05, 0) is 63.3 Å². The van der Waals surface area contributed by atoms with Crippen molar-refractivity contribution in [2.45, 2.75) is 46.0 Å². The molecule has 1 amide bonds. The lowest BCUT2D eigenvalue weighted by atomic mass is 9.94. The molecule has 7 nitrogen and oxygen atoms in total. The first-order valence-electron chi connectivity index (χ1n) is 13.0. The Labute approximate surface area is 207 Å². The van der Waals surface area contributed by atoms with Crippen LogP contribution in [0.25, 0.3) is 11.3 Å². The number of fused-ring (bicyclic) bond motifs is 3. The molecule has 0 bridgehead atoms. The normalized spacial score (nSPS) is 18.4. The SMILES string of the molecule is Cc1ccc(N2CCC(C(=O)N3CCc4[nH]c(N5CCCC5)nc4-c4cc(C)ccc43)CC2)nc1. The monoisotopic (exact) mass is 470 g/mol. The van der Waals surface area contributed by atoms with Crippen molar-refractivity contribution in [3.63, 3.8) is 0 Å². The molecule has 7 heteroatoms. The van der Waals surface area contributed by atoms with E-state index < -0.39 is 0 Å². The second-order valence-corrected chi connectivity index (χ2v) is 10.3. The highest BCUT2D eigenvalue weighted by molar-refractivity contribution is 6.00. The van der Waals surface area contributed by atoms with Gasteiger partial charge in [-0.3, -0.25) is 4.79 Å². The molecule has 6 rings (SSSR count). The van der Waals surface area contributed by atoms with Crippen molar-refractivity contribution >= 4 is 23.4 Å². The number of aromatic amines is 1. The van der Waals surface area contributed by atoms with Gasteiger partial charge in [0.1, 0.15) is 5.82 Å². The van der Waals surface area contributed by atoms with Crippen LogP contribution in [0, 0.1) is 19.8 Å². The minimum absolute atomic E-state index is 0.0374. The number of anilines is 3. The number of rotatable bonds is 3. The Bertz CT molecular complexity index is 1220. The number of carbonyl (C=O) groups is 1. The first-order valence-corrected chi connectivity index (χ1v) is 13.0. The lowest BCUT2D eigenvalue weighted by molar-refractivity contribution is -0.123. The minimum atomic E-state index is 0.0374. The first kappa shape index (κ1) is 22.1. The van der Waals surface area contributed by atoms with E-state index in [1.165, 1.54) is 24.0 Å². The average molecular weight is 471 g/mol. The second kappa shape index (κ2) is 9.02. The van der Waals surface area contributed by atoms with Gasteiger partial charge in [-0.25, -0.2) is 9.97 Å². The van der Waals surface area contributed by atoms with Crippen molar-refractivity contribution in [3.05, 3.63) is 53.3 Å². The summed E-state index contributed by atoms with van der Waals surface area (Å²) in [6.07, 6.45) is 6.87. The number of imidazole rings is 1. The summed E-state index contributed by atoms with van der Waals surface area (Å²) >= 11 is 0. The summed E-state index contributed by atoms with van der Waals surface area (Å²) in [6, 6.07) is 10.6. The number of nitrogens with one attached hydrogen (secondary N) is 1. The Morgan fingerprint density at radius 2 is 1.71 bits per heavy atom. The van der Waals surface area contributed by atoms with Gasteiger partial charge in [-0.15, -0.1) is 0 Å². The predicted molar refractivity (Wildman–Crippen MR) is 140 cm³/mol. The van der Waals surface area contributed by atoms with Crippen molar-refractivity contribution in [3.8, 4) is 11.3 Å². The van der Waals surface area contributed by atoms with Crippen LogP contribution >= 0.6 is 0 Å². The second-order valence-electron chi connectivity index (χ2n) is 10.3. The molecule has 1 aromatic carbocycles. The number of hydrogen-bond donors (Lipinski definition) is 1. The summed E-state index contributed by atoms with van der Waals surface area (Å²) in [4.78, 5) is 33.8. The molecule has 3 aliphatic rings. The van der Waals surface area contributed by atoms with Crippen LogP contribution in [0.1, 0.15) is 42.5 Å². The van der Waals surface area contributed by atoms with Crippen molar-refractivity contribution in [1.82, 2.24) is 15.0 Å². The fraction of sp³-hybridized carbons (Fsp3) is 0.464. The smallest absolute Gasteiger partial charge is 0.230 e. The van der Waals surface area contributed by atoms with Gasteiger partial charge in [0.25, 0.3) is 0 Å². The Kier molecular flexibility index (Phi) is 5.71. The molecule has 1 N–H and O–H groups in total. The van der Waals surface area contributed by atoms with Crippen LogP contribution in [0.2, 0.25) is 0 Å². The fourth-order valence-electron chi connectivity index (χ4n) is 5.75. The zero-order chi connectivity index (χ0) is 23.9. The highest BCUT2D eigenvalue weighted by Gasteiger charge is 2.33. The van der Waals surface area contributed by atoms with Gasteiger partial charge in [0.2, 0.25) is 11.9 Å². The number of H-pyrrole nitrogens is 1. The van der Waals surface area contributed by atoms with E-state index in [1.54, 1.807) is 0 Å². The number of amides is 1. The predicted octanol–water partition coefficient (Wildman–Crippen LogP) is 4.49. The van der Waals surface area contributed by atoms with E-state index in [9.17, 15) is 4.79 Å². The maximum atomic E-state index is 13.8. The van der Waals surface area contributed by atoms with E-state index in [1.807, 2.05) is 11.1 Å². The molecule has 2 saturated heterocycles. The maximum Gasteiger partial charge on any atom is 0.230 e. The molecule has 3 aliphatic heterocycles. The summed E-state index contributed by atoms with van der Waals surface area (Å²) in [6.45, 7) is 8.70. The zero-order valence-electron chi connectivity index (χ0n) is 20.8. The molecule has 2 aromatic heterocycles. The summed E-state index contributed by atoms with van der Waals surface area (Å²) in [5.74, 6) is 2.28. The van der Waals surface area contributed by atoms with Gasteiger partial charge >= 0.3 is 0 Å².